The Labute approximate surface area is 116 Å². The average molecular weight is 276 g/mol. The third-order valence-corrected chi connectivity index (χ3v) is 4.01. The summed E-state index contributed by atoms with van der Waals surface area (Å²) in [5, 5.41) is 9.04. The molecular weight excluding hydrogens is 260 g/mol. The number of methoxy groups -OCH3 is 1. The Hall–Kier alpha value is -2.11. The van der Waals surface area contributed by atoms with Gasteiger partial charge >= 0.3 is 5.97 Å². The normalized spacial score (nSPS) is 20.2. The van der Waals surface area contributed by atoms with Crippen LogP contribution in [0.4, 0.5) is 0 Å². The van der Waals surface area contributed by atoms with Crippen molar-refractivity contribution >= 4 is 11.9 Å². The number of nitrogens with zero attached hydrogens (tertiary/aromatic N) is 2. The lowest BCUT2D eigenvalue weighted by Crippen LogP contribution is -2.55. The molecule has 1 N–H and O–H groups in total. The predicted molar refractivity (Wildman–Crippen MR) is 69.9 cm³/mol. The summed E-state index contributed by atoms with van der Waals surface area (Å²) >= 11 is 0. The number of pyridine rings is 1. The average Bonchev–Trinajstić information content (AvgIpc) is 2.81. The number of rotatable bonds is 3. The minimum Gasteiger partial charge on any atom is -0.480 e. The van der Waals surface area contributed by atoms with Crippen LogP contribution in [0.5, 0.6) is 5.88 Å². The lowest BCUT2D eigenvalue weighted by atomic mass is 10.0. The number of aliphatic carboxylic acids is 1. The van der Waals surface area contributed by atoms with E-state index in [9.17, 15) is 9.59 Å². The van der Waals surface area contributed by atoms with Crippen LogP contribution in [0.15, 0.2) is 6.07 Å². The maximum atomic E-state index is 12.5. The molecule has 1 aliphatic heterocycles. The van der Waals surface area contributed by atoms with Gasteiger partial charge in [0, 0.05) is 12.2 Å². The number of aryl methyl sites for hydroxylation is 2. The van der Waals surface area contributed by atoms with E-state index in [1.807, 2.05) is 6.07 Å². The largest absolute Gasteiger partial charge is 0.480 e. The standard InChI is InChI=1S/C14H16N2O4/c1-20-12-9(7-8-3-2-4-10(8)15-12)13(17)16-6-5-11(16)14(18)19/h7,11H,2-6H2,1H3,(H,18,19)/t11-/m0/s1. The van der Waals surface area contributed by atoms with E-state index in [0.29, 0.717) is 24.4 Å². The van der Waals surface area contributed by atoms with E-state index in [4.69, 9.17) is 9.84 Å². The number of likely N-dealkylation sites (tertiary alicyclic amines) is 1. The number of hydrogen-bond acceptors (Lipinski definition) is 4. The molecule has 1 atom stereocenters. The molecule has 2 aliphatic rings. The smallest absolute Gasteiger partial charge is 0.326 e. The first-order valence-corrected chi connectivity index (χ1v) is 6.72. The van der Waals surface area contributed by atoms with Crippen LogP contribution < -0.4 is 4.74 Å². The van der Waals surface area contributed by atoms with Gasteiger partial charge in [-0.05, 0) is 37.3 Å². The van der Waals surface area contributed by atoms with Gasteiger partial charge in [-0.2, -0.15) is 0 Å². The molecule has 2 heterocycles. The molecule has 106 valence electrons. The molecule has 0 aromatic carbocycles. The quantitative estimate of drug-likeness (QED) is 0.886. The van der Waals surface area contributed by atoms with E-state index in [2.05, 4.69) is 4.98 Å². The molecule has 0 saturated carbocycles. The lowest BCUT2D eigenvalue weighted by molar-refractivity contribution is -0.146. The first-order valence-electron chi connectivity index (χ1n) is 6.72. The summed E-state index contributed by atoms with van der Waals surface area (Å²) in [6, 6.07) is 1.09. The summed E-state index contributed by atoms with van der Waals surface area (Å²) in [6.07, 6.45) is 3.35. The summed E-state index contributed by atoms with van der Waals surface area (Å²) in [7, 11) is 1.48. The molecule has 1 saturated heterocycles. The van der Waals surface area contributed by atoms with Gasteiger partial charge in [-0.15, -0.1) is 0 Å². The number of hydrogen-bond donors (Lipinski definition) is 1. The molecule has 0 radical (unpaired) electrons. The number of carbonyl (C=O) groups excluding carboxylic acids is 1. The fourth-order valence-corrected chi connectivity index (χ4v) is 2.80. The maximum Gasteiger partial charge on any atom is 0.326 e. The number of carboxylic acid groups (broad SMARTS) is 1. The summed E-state index contributed by atoms with van der Waals surface area (Å²) in [6.45, 7) is 0.468. The molecular formula is C14H16N2O4. The van der Waals surface area contributed by atoms with E-state index >= 15 is 0 Å². The predicted octanol–water partition coefficient (Wildman–Crippen LogP) is 0.878. The fourth-order valence-electron chi connectivity index (χ4n) is 2.80. The second kappa shape index (κ2) is 4.77. The number of fused-ring (bicyclic) bond motifs is 1. The van der Waals surface area contributed by atoms with Gasteiger partial charge in [-0.1, -0.05) is 0 Å². The van der Waals surface area contributed by atoms with Crippen molar-refractivity contribution in [3.63, 3.8) is 0 Å². The minimum absolute atomic E-state index is 0.298. The lowest BCUT2D eigenvalue weighted by Gasteiger charge is -2.38. The van der Waals surface area contributed by atoms with Crippen LogP contribution in [0.2, 0.25) is 0 Å². The molecule has 1 amide bonds. The number of aromatic nitrogens is 1. The second-order valence-corrected chi connectivity index (χ2v) is 5.15. The number of carbonyl (C=O) groups is 2. The van der Waals surface area contributed by atoms with Gasteiger partial charge < -0.3 is 14.7 Å². The molecule has 0 bridgehead atoms. The van der Waals surface area contributed by atoms with Crippen LogP contribution >= 0.6 is 0 Å². The summed E-state index contributed by atoms with van der Waals surface area (Å²) in [4.78, 5) is 29.2. The Morgan fingerprint density at radius 3 is 2.85 bits per heavy atom. The van der Waals surface area contributed by atoms with E-state index in [1.165, 1.54) is 12.0 Å². The first kappa shape index (κ1) is 12.9. The highest BCUT2D eigenvalue weighted by Gasteiger charge is 2.39. The summed E-state index contributed by atoms with van der Waals surface area (Å²) < 4.78 is 5.20. The molecule has 6 heteroatoms. The molecule has 0 unspecified atom stereocenters. The number of carboxylic acids is 1. The Balaban J connectivity index is 1.93. The highest BCUT2D eigenvalue weighted by atomic mass is 16.5. The van der Waals surface area contributed by atoms with Crippen molar-refractivity contribution in [2.24, 2.45) is 0 Å². The Bertz CT molecular complexity index is 585. The van der Waals surface area contributed by atoms with Crippen molar-refractivity contribution in [1.82, 2.24) is 9.88 Å². The zero-order chi connectivity index (χ0) is 14.3. The molecule has 3 rings (SSSR count). The van der Waals surface area contributed by atoms with Crippen LogP contribution in [0.25, 0.3) is 0 Å². The second-order valence-electron chi connectivity index (χ2n) is 5.15. The monoisotopic (exact) mass is 276 g/mol. The van der Waals surface area contributed by atoms with Crippen LogP contribution in [0.1, 0.15) is 34.5 Å². The Morgan fingerprint density at radius 2 is 2.25 bits per heavy atom. The SMILES string of the molecule is COc1nc2c(cc1C(=O)N1CC[C@H]1C(=O)O)CCC2. The van der Waals surface area contributed by atoms with Crippen LogP contribution in [-0.4, -0.2) is 46.6 Å². The molecule has 1 aliphatic carbocycles. The highest BCUT2D eigenvalue weighted by Crippen LogP contribution is 2.29. The number of ether oxygens (including phenoxy) is 1. The Morgan fingerprint density at radius 1 is 1.45 bits per heavy atom. The highest BCUT2D eigenvalue weighted by molar-refractivity contribution is 5.99. The van der Waals surface area contributed by atoms with Gasteiger partial charge in [0.25, 0.3) is 5.91 Å². The molecule has 20 heavy (non-hydrogen) atoms. The third-order valence-electron chi connectivity index (χ3n) is 4.01. The number of amides is 1. The zero-order valence-electron chi connectivity index (χ0n) is 11.3. The Kier molecular flexibility index (Phi) is 3.08. The fraction of sp³-hybridized carbons (Fsp3) is 0.500. The molecule has 1 aromatic heterocycles. The van der Waals surface area contributed by atoms with Gasteiger partial charge in [0.05, 0.1) is 7.11 Å². The van der Waals surface area contributed by atoms with Crippen molar-refractivity contribution in [2.75, 3.05) is 13.7 Å². The van der Waals surface area contributed by atoms with Crippen molar-refractivity contribution in [1.29, 1.82) is 0 Å². The molecule has 6 nitrogen and oxygen atoms in total. The maximum absolute atomic E-state index is 12.5. The molecule has 1 aromatic rings. The van der Waals surface area contributed by atoms with Crippen molar-refractivity contribution in [3.8, 4) is 5.88 Å². The van der Waals surface area contributed by atoms with Crippen molar-refractivity contribution < 1.29 is 19.4 Å². The molecule has 1 fully saturated rings. The van der Waals surface area contributed by atoms with E-state index in [-0.39, 0.29) is 5.91 Å². The van der Waals surface area contributed by atoms with Gasteiger partial charge in [0.2, 0.25) is 5.88 Å². The van der Waals surface area contributed by atoms with Crippen LogP contribution in [0, 0.1) is 0 Å². The summed E-state index contributed by atoms with van der Waals surface area (Å²) in [5.41, 5.74) is 2.43. The van der Waals surface area contributed by atoms with Gasteiger partial charge in [0.15, 0.2) is 0 Å². The van der Waals surface area contributed by atoms with Gasteiger partial charge in [-0.3, -0.25) is 4.79 Å². The topological polar surface area (TPSA) is 79.7 Å². The van der Waals surface area contributed by atoms with Gasteiger partial charge in [-0.25, -0.2) is 9.78 Å². The van der Waals surface area contributed by atoms with E-state index < -0.39 is 12.0 Å². The first-order chi connectivity index (χ1) is 9.61. The van der Waals surface area contributed by atoms with Crippen molar-refractivity contribution in [3.05, 3.63) is 22.9 Å². The van der Waals surface area contributed by atoms with Crippen LogP contribution in [-0.2, 0) is 17.6 Å². The van der Waals surface area contributed by atoms with Gasteiger partial charge in [0.1, 0.15) is 11.6 Å². The van der Waals surface area contributed by atoms with E-state index in [1.54, 1.807) is 0 Å². The third kappa shape index (κ3) is 1.92. The van der Waals surface area contributed by atoms with Crippen LogP contribution in [0.3, 0.4) is 0 Å². The summed E-state index contributed by atoms with van der Waals surface area (Å²) in [5.74, 6) is -0.966. The van der Waals surface area contributed by atoms with E-state index in [0.717, 1.165) is 30.5 Å². The molecule has 0 spiro atoms. The van der Waals surface area contributed by atoms with Crippen molar-refractivity contribution in [2.45, 2.75) is 31.7 Å². The minimum atomic E-state index is -0.960. The zero-order valence-corrected chi connectivity index (χ0v) is 11.3.